The van der Waals surface area contributed by atoms with Gasteiger partial charge in [-0.25, -0.2) is 4.79 Å². The molecule has 0 bridgehead atoms. The van der Waals surface area contributed by atoms with Crippen LogP contribution < -0.4 is 5.73 Å². The number of esters is 1. The van der Waals surface area contributed by atoms with Gasteiger partial charge in [-0.3, -0.25) is 14.9 Å². The summed E-state index contributed by atoms with van der Waals surface area (Å²) in [7, 11) is 1.15. The average molecular weight is 294 g/mol. The van der Waals surface area contributed by atoms with E-state index in [-0.39, 0.29) is 23.2 Å². The Labute approximate surface area is 122 Å². The highest BCUT2D eigenvalue weighted by Gasteiger charge is 2.31. The number of benzene rings is 1. The highest BCUT2D eigenvalue weighted by atomic mass is 16.6. The molecule has 2 N–H and O–H groups in total. The van der Waals surface area contributed by atoms with Crippen LogP contribution in [0.25, 0.3) is 0 Å². The van der Waals surface area contributed by atoms with Gasteiger partial charge in [-0.1, -0.05) is 13.3 Å². The van der Waals surface area contributed by atoms with Crippen molar-refractivity contribution in [1.82, 2.24) is 0 Å². The third kappa shape index (κ3) is 3.36. The second-order valence-electron chi connectivity index (χ2n) is 4.65. The fourth-order valence-electron chi connectivity index (χ4n) is 2.02. The van der Waals surface area contributed by atoms with Crippen LogP contribution in [0.5, 0.6) is 0 Å². The Morgan fingerprint density at radius 1 is 1.43 bits per heavy atom. The van der Waals surface area contributed by atoms with E-state index >= 15 is 0 Å². The zero-order valence-electron chi connectivity index (χ0n) is 12.3. The molecule has 7 nitrogen and oxygen atoms in total. The van der Waals surface area contributed by atoms with Crippen LogP contribution in [0.4, 0.5) is 11.4 Å². The van der Waals surface area contributed by atoms with Crippen molar-refractivity contribution in [2.24, 2.45) is 0 Å². The number of aryl methyl sites for hydroxylation is 1. The largest absolute Gasteiger partial charge is 0.465 e. The standard InChI is InChI=1S/C14H18N2O5/c1-4-5-6-10(17)11-9(14(18)21-3)7-8(2)12(15)13(11)16(19)20/h7H,4-6,15H2,1-3H3. The molecule has 0 radical (unpaired) electrons. The summed E-state index contributed by atoms with van der Waals surface area (Å²) < 4.78 is 4.61. The van der Waals surface area contributed by atoms with Crippen LogP contribution in [0, 0.1) is 17.0 Å². The molecule has 0 saturated carbocycles. The van der Waals surface area contributed by atoms with Crippen LogP contribution in [0.15, 0.2) is 6.07 Å². The zero-order chi connectivity index (χ0) is 16.2. The number of ether oxygens (including phenoxy) is 1. The lowest BCUT2D eigenvalue weighted by Gasteiger charge is -2.11. The van der Waals surface area contributed by atoms with Crippen molar-refractivity contribution in [3.63, 3.8) is 0 Å². The maximum absolute atomic E-state index is 12.3. The molecule has 0 saturated heterocycles. The smallest absolute Gasteiger partial charge is 0.338 e. The van der Waals surface area contributed by atoms with Gasteiger partial charge in [-0.05, 0) is 25.0 Å². The molecular weight excluding hydrogens is 276 g/mol. The third-order valence-corrected chi connectivity index (χ3v) is 3.17. The monoisotopic (exact) mass is 294 g/mol. The summed E-state index contributed by atoms with van der Waals surface area (Å²) in [6.07, 6.45) is 1.45. The minimum absolute atomic E-state index is 0.104. The fraction of sp³-hybridized carbons (Fsp3) is 0.429. The summed E-state index contributed by atoms with van der Waals surface area (Å²) in [5, 5.41) is 11.3. The predicted octanol–water partition coefficient (Wildman–Crippen LogP) is 2.64. The van der Waals surface area contributed by atoms with Gasteiger partial charge in [-0.15, -0.1) is 0 Å². The number of carbonyl (C=O) groups excluding carboxylic acids is 2. The molecular formula is C14H18N2O5. The van der Waals surface area contributed by atoms with E-state index in [1.807, 2.05) is 6.92 Å². The van der Waals surface area contributed by atoms with Gasteiger partial charge < -0.3 is 10.5 Å². The summed E-state index contributed by atoms with van der Waals surface area (Å²) in [6.45, 7) is 3.43. The molecule has 0 aliphatic heterocycles. The first-order chi connectivity index (χ1) is 9.84. The van der Waals surface area contributed by atoms with Gasteiger partial charge in [0.25, 0.3) is 0 Å². The minimum Gasteiger partial charge on any atom is -0.465 e. The summed E-state index contributed by atoms with van der Waals surface area (Å²) >= 11 is 0. The van der Waals surface area contributed by atoms with Crippen LogP contribution in [0.1, 0.15) is 52.5 Å². The number of hydrogen-bond acceptors (Lipinski definition) is 6. The number of carbonyl (C=O) groups is 2. The molecule has 7 heteroatoms. The summed E-state index contributed by atoms with van der Waals surface area (Å²) in [5.41, 5.74) is 5.08. The Hall–Kier alpha value is -2.44. The molecule has 1 rings (SSSR count). The number of methoxy groups -OCH3 is 1. The Morgan fingerprint density at radius 2 is 2.05 bits per heavy atom. The van der Waals surface area contributed by atoms with Gasteiger partial charge in [0.1, 0.15) is 11.3 Å². The second-order valence-corrected chi connectivity index (χ2v) is 4.65. The number of hydrogen-bond donors (Lipinski definition) is 1. The van der Waals surface area contributed by atoms with Crippen LogP contribution in [-0.4, -0.2) is 23.8 Å². The molecule has 0 atom stereocenters. The highest BCUT2D eigenvalue weighted by molar-refractivity contribution is 6.11. The molecule has 0 fully saturated rings. The van der Waals surface area contributed by atoms with Crippen LogP contribution in [0.2, 0.25) is 0 Å². The molecule has 0 amide bonds. The molecule has 114 valence electrons. The lowest BCUT2D eigenvalue weighted by molar-refractivity contribution is -0.384. The molecule has 0 unspecified atom stereocenters. The summed E-state index contributed by atoms with van der Waals surface area (Å²) in [4.78, 5) is 34.6. The predicted molar refractivity (Wildman–Crippen MR) is 77.4 cm³/mol. The van der Waals surface area contributed by atoms with Gasteiger partial charge in [-0.2, -0.15) is 0 Å². The second kappa shape index (κ2) is 6.83. The quantitative estimate of drug-likeness (QED) is 0.284. The summed E-state index contributed by atoms with van der Waals surface area (Å²) in [6, 6.07) is 1.35. The first kappa shape index (κ1) is 16.6. The highest BCUT2D eigenvalue weighted by Crippen LogP contribution is 2.34. The van der Waals surface area contributed by atoms with Crippen LogP contribution in [0.3, 0.4) is 0 Å². The lowest BCUT2D eigenvalue weighted by Crippen LogP contribution is -2.15. The van der Waals surface area contributed by atoms with E-state index in [0.29, 0.717) is 12.0 Å². The van der Waals surface area contributed by atoms with Crippen molar-refractivity contribution in [2.45, 2.75) is 33.1 Å². The van der Waals surface area contributed by atoms with Crippen LogP contribution >= 0.6 is 0 Å². The van der Waals surface area contributed by atoms with Gasteiger partial charge in [0.2, 0.25) is 0 Å². The van der Waals surface area contributed by atoms with Gasteiger partial charge in [0, 0.05) is 6.42 Å². The van der Waals surface area contributed by atoms with Crippen molar-refractivity contribution < 1.29 is 19.2 Å². The number of ketones is 1. The SMILES string of the molecule is CCCCC(=O)c1c(C(=O)OC)cc(C)c(N)c1[N+](=O)[O-]. The zero-order valence-corrected chi connectivity index (χ0v) is 12.3. The number of nitrogen functional groups attached to an aromatic ring is 1. The molecule has 0 aliphatic carbocycles. The van der Waals surface area contributed by atoms with Gasteiger partial charge in [0.15, 0.2) is 5.78 Å². The molecule has 0 heterocycles. The van der Waals surface area contributed by atoms with E-state index in [1.165, 1.54) is 13.0 Å². The Kier molecular flexibility index (Phi) is 5.40. The molecule has 1 aromatic rings. The number of nitro benzene ring substituents is 1. The number of nitrogens with zero attached hydrogens (tertiary/aromatic N) is 1. The number of Topliss-reactive ketones (excluding diaryl/α,β-unsaturated/α-hetero) is 1. The van der Waals surface area contributed by atoms with Crippen molar-refractivity contribution >= 4 is 23.1 Å². The molecule has 21 heavy (non-hydrogen) atoms. The average Bonchev–Trinajstić information content (AvgIpc) is 2.45. The first-order valence-electron chi connectivity index (χ1n) is 6.54. The van der Waals surface area contributed by atoms with Crippen molar-refractivity contribution in [3.05, 3.63) is 32.9 Å². The van der Waals surface area contributed by atoms with E-state index in [1.54, 1.807) is 0 Å². The van der Waals surface area contributed by atoms with E-state index in [9.17, 15) is 19.7 Å². The Bertz CT molecular complexity index is 596. The van der Waals surface area contributed by atoms with Gasteiger partial charge in [0.05, 0.1) is 17.6 Å². The van der Waals surface area contributed by atoms with Gasteiger partial charge >= 0.3 is 11.7 Å². The number of nitro groups is 1. The molecule has 1 aromatic carbocycles. The summed E-state index contributed by atoms with van der Waals surface area (Å²) in [5.74, 6) is -1.27. The maximum atomic E-state index is 12.3. The first-order valence-corrected chi connectivity index (χ1v) is 6.54. The topological polar surface area (TPSA) is 113 Å². The number of anilines is 1. The van der Waals surface area contributed by atoms with E-state index in [4.69, 9.17) is 5.73 Å². The number of unbranched alkanes of at least 4 members (excludes halogenated alkanes) is 1. The number of rotatable bonds is 6. The Balaban J connectivity index is 3.61. The van der Waals surface area contributed by atoms with Crippen molar-refractivity contribution in [2.75, 3.05) is 12.8 Å². The molecule has 0 aromatic heterocycles. The minimum atomic E-state index is -0.791. The van der Waals surface area contributed by atoms with E-state index < -0.39 is 22.4 Å². The fourth-order valence-corrected chi connectivity index (χ4v) is 2.02. The maximum Gasteiger partial charge on any atom is 0.338 e. The van der Waals surface area contributed by atoms with Crippen LogP contribution in [-0.2, 0) is 4.74 Å². The molecule has 0 aliphatic rings. The van der Waals surface area contributed by atoms with E-state index in [0.717, 1.165) is 13.5 Å². The molecule has 0 spiro atoms. The van der Waals surface area contributed by atoms with Crippen molar-refractivity contribution in [3.8, 4) is 0 Å². The lowest BCUT2D eigenvalue weighted by atomic mass is 9.94. The van der Waals surface area contributed by atoms with Crippen molar-refractivity contribution in [1.29, 1.82) is 0 Å². The Morgan fingerprint density at radius 3 is 2.52 bits per heavy atom. The van der Waals surface area contributed by atoms with E-state index in [2.05, 4.69) is 4.74 Å². The number of nitrogens with two attached hydrogens (primary N) is 1. The normalized spacial score (nSPS) is 10.2. The third-order valence-electron chi connectivity index (χ3n) is 3.17.